The molecule has 0 saturated heterocycles. The minimum Gasteiger partial charge on any atom is -0.480 e. The molecule has 6 heteroatoms. The maximum atomic E-state index is 12.1. The Hall–Kier alpha value is -1.69. The van der Waals surface area contributed by atoms with Crippen LogP contribution in [0.1, 0.15) is 25.3 Å². The second-order valence-electron chi connectivity index (χ2n) is 4.75. The first-order chi connectivity index (χ1) is 10.0. The third kappa shape index (κ3) is 6.53. The van der Waals surface area contributed by atoms with Crippen LogP contribution in [0.2, 0.25) is 0 Å². The molecule has 5 nitrogen and oxygen atoms in total. The third-order valence-corrected chi connectivity index (χ3v) is 4.53. The van der Waals surface area contributed by atoms with Crippen LogP contribution in [0.25, 0.3) is 0 Å². The van der Waals surface area contributed by atoms with Crippen molar-refractivity contribution >= 4 is 22.7 Å². The minimum atomic E-state index is -1.74. The summed E-state index contributed by atoms with van der Waals surface area (Å²) in [4.78, 5) is 22.9. The van der Waals surface area contributed by atoms with Crippen LogP contribution in [0.5, 0.6) is 0 Å². The van der Waals surface area contributed by atoms with E-state index in [1.165, 1.54) is 0 Å². The summed E-state index contributed by atoms with van der Waals surface area (Å²) >= 11 is 0. The minimum absolute atomic E-state index is 0.158. The molecule has 0 bridgehead atoms. The number of benzene rings is 1. The average Bonchev–Trinajstić information content (AvgIpc) is 2.45. The molecule has 0 radical (unpaired) electrons. The number of aliphatic carboxylic acids is 1. The van der Waals surface area contributed by atoms with E-state index >= 15 is 0 Å². The van der Waals surface area contributed by atoms with Crippen molar-refractivity contribution in [2.45, 2.75) is 31.4 Å². The molecular weight excluding hydrogens is 290 g/mol. The molecule has 2 N–H and O–H groups in total. The lowest BCUT2D eigenvalue weighted by Gasteiger charge is -2.12. The van der Waals surface area contributed by atoms with Crippen molar-refractivity contribution in [2.75, 3.05) is 12.3 Å². The fourth-order valence-electron chi connectivity index (χ4n) is 1.81. The molecule has 1 aromatic carbocycles. The van der Waals surface area contributed by atoms with Gasteiger partial charge in [0, 0.05) is 17.3 Å². The van der Waals surface area contributed by atoms with Gasteiger partial charge in [-0.05, 0) is 18.4 Å². The molecule has 116 valence electrons. The molecule has 0 spiro atoms. The van der Waals surface area contributed by atoms with Crippen molar-refractivity contribution in [3.8, 4) is 0 Å². The molecule has 0 aliphatic carbocycles. The van der Waals surface area contributed by atoms with Gasteiger partial charge in [0.25, 0.3) is 0 Å². The highest BCUT2D eigenvalue weighted by Gasteiger charge is 2.26. The Morgan fingerprint density at radius 3 is 2.52 bits per heavy atom. The molecule has 0 heterocycles. The summed E-state index contributed by atoms with van der Waals surface area (Å²) in [6, 6.07) is 9.00. The van der Waals surface area contributed by atoms with Crippen LogP contribution < -0.4 is 5.32 Å². The van der Waals surface area contributed by atoms with Gasteiger partial charge in [0.2, 0.25) is 5.91 Å². The Morgan fingerprint density at radius 2 is 1.95 bits per heavy atom. The molecule has 2 unspecified atom stereocenters. The number of amides is 1. The Balaban J connectivity index is 2.58. The van der Waals surface area contributed by atoms with Crippen LogP contribution in [-0.4, -0.2) is 38.7 Å². The fraction of sp³-hybridized carbons (Fsp3) is 0.467. The standard InChI is InChI=1S/C15H21NO4S/c1-2-3-9-16-14(17)11-21(20)13(15(18)19)10-12-7-5-4-6-8-12/h4-8,13H,2-3,9-11H2,1H3,(H,16,17)(H,18,19). The number of nitrogens with one attached hydrogen (secondary N) is 1. The summed E-state index contributed by atoms with van der Waals surface area (Å²) in [5, 5.41) is 10.8. The SMILES string of the molecule is CCCCNC(=O)CS(=O)C(Cc1ccccc1)C(=O)O. The lowest BCUT2D eigenvalue weighted by molar-refractivity contribution is -0.136. The molecular formula is C15H21NO4S. The summed E-state index contributed by atoms with van der Waals surface area (Å²) in [6.07, 6.45) is 1.96. The third-order valence-electron chi connectivity index (χ3n) is 2.98. The summed E-state index contributed by atoms with van der Waals surface area (Å²) in [6.45, 7) is 2.54. The summed E-state index contributed by atoms with van der Waals surface area (Å²) < 4.78 is 12.1. The van der Waals surface area contributed by atoms with E-state index < -0.39 is 22.0 Å². The molecule has 0 aliphatic heterocycles. The average molecular weight is 311 g/mol. The zero-order valence-corrected chi connectivity index (χ0v) is 12.9. The van der Waals surface area contributed by atoms with Gasteiger partial charge in [-0.1, -0.05) is 43.7 Å². The smallest absolute Gasteiger partial charge is 0.319 e. The predicted molar refractivity (Wildman–Crippen MR) is 82.5 cm³/mol. The molecule has 0 saturated carbocycles. The van der Waals surface area contributed by atoms with Gasteiger partial charge in [-0.15, -0.1) is 0 Å². The van der Waals surface area contributed by atoms with Gasteiger partial charge in [-0.2, -0.15) is 0 Å². The Bertz CT molecular complexity index is 490. The van der Waals surface area contributed by atoms with Gasteiger partial charge in [0.05, 0.1) is 0 Å². The van der Waals surface area contributed by atoms with Gasteiger partial charge in [0.1, 0.15) is 11.0 Å². The number of carbonyl (C=O) groups is 2. The Morgan fingerprint density at radius 1 is 1.29 bits per heavy atom. The number of unbranched alkanes of at least 4 members (excludes halogenated alkanes) is 1. The second kappa shape index (κ2) is 9.28. The Labute approximate surface area is 127 Å². The Kier molecular flexibility index (Phi) is 7.68. The number of hydrogen-bond donors (Lipinski definition) is 2. The van der Waals surface area contributed by atoms with Crippen molar-refractivity contribution in [1.82, 2.24) is 5.32 Å². The lowest BCUT2D eigenvalue weighted by Crippen LogP contribution is -2.36. The van der Waals surface area contributed by atoms with Gasteiger partial charge in [0.15, 0.2) is 0 Å². The van der Waals surface area contributed by atoms with Crippen molar-refractivity contribution in [3.63, 3.8) is 0 Å². The topological polar surface area (TPSA) is 83.5 Å². The van der Waals surface area contributed by atoms with E-state index in [2.05, 4.69) is 5.32 Å². The van der Waals surface area contributed by atoms with E-state index in [-0.39, 0.29) is 18.1 Å². The molecule has 1 amide bonds. The van der Waals surface area contributed by atoms with Gasteiger partial charge < -0.3 is 10.4 Å². The number of carboxylic acids is 1. The van der Waals surface area contributed by atoms with Crippen LogP contribution >= 0.6 is 0 Å². The highest BCUT2D eigenvalue weighted by atomic mass is 32.2. The van der Waals surface area contributed by atoms with Crippen molar-refractivity contribution in [1.29, 1.82) is 0 Å². The summed E-state index contributed by atoms with van der Waals surface area (Å²) in [7, 11) is -1.74. The fourth-order valence-corrected chi connectivity index (χ4v) is 2.97. The predicted octanol–water partition coefficient (Wildman–Crippen LogP) is 1.35. The van der Waals surface area contributed by atoms with Crippen LogP contribution in [0, 0.1) is 0 Å². The number of carboxylic acid groups (broad SMARTS) is 1. The molecule has 0 aromatic heterocycles. The molecule has 1 rings (SSSR count). The van der Waals surface area contributed by atoms with Crippen molar-refractivity contribution < 1.29 is 18.9 Å². The highest BCUT2D eigenvalue weighted by Crippen LogP contribution is 2.09. The zero-order chi connectivity index (χ0) is 15.7. The van der Waals surface area contributed by atoms with Crippen molar-refractivity contribution in [2.24, 2.45) is 0 Å². The number of carbonyl (C=O) groups excluding carboxylic acids is 1. The monoisotopic (exact) mass is 311 g/mol. The van der Waals surface area contributed by atoms with E-state index in [9.17, 15) is 18.9 Å². The van der Waals surface area contributed by atoms with Crippen molar-refractivity contribution in [3.05, 3.63) is 35.9 Å². The molecule has 0 aliphatic rings. The normalized spacial score (nSPS) is 13.4. The van der Waals surface area contributed by atoms with Gasteiger partial charge in [-0.3, -0.25) is 13.8 Å². The van der Waals surface area contributed by atoms with Gasteiger partial charge >= 0.3 is 5.97 Å². The maximum absolute atomic E-state index is 12.1. The van der Waals surface area contributed by atoms with Crippen LogP contribution in [0.4, 0.5) is 0 Å². The lowest BCUT2D eigenvalue weighted by atomic mass is 10.1. The second-order valence-corrected chi connectivity index (χ2v) is 6.36. The van der Waals surface area contributed by atoms with Crippen LogP contribution in [0.15, 0.2) is 30.3 Å². The first kappa shape index (κ1) is 17.4. The number of hydrogen-bond acceptors (Lipinski definition) is 3. The van der Waals surface area contributed by atoms with E-state index in [1.807, 2.05) is 13.0 Å². The van der Waals surface area contributed by atoms with E-state index in [0.717, 1.165) is 18.4 Å². The number of rotatable bonds is 9. The van der Waals surface area contributed by atoms with E-state index in [0.29, 0.717) is 6.54 Å². The summed E-state index contributed by atoms with van der Waals surface area (Å²) in [5.41, 5.74) is 0.796. The van der Waals surface area contributed by atoms with E-state index in [1.54, 1.807) is 24.3 Å². The van der Waals surface area contributed by atoms with Crippen LogP contribution in [-0.2, 0) is 26.8 Å². The van der Waals surface area contributed by atoms with E-state index in [4.69, 9.17) is 0 Å². The molecule has 0 fully saturated rings. The molecule has 1 aromatic rings. The largest absolute Gasteiger partial charge is 0.480 e. The van der Waals surface area contributed by atoms with Crippen LogP contribution in [0.3, 0.4) is 0 Å². The maximum Gasteiger partial charge on any atom is 0.319 e. The first-order valence-electron chi connectivity index (χ1n) is 6.95. The quantitative estimate of drug-likeness (QED) is 0.674. The molecule has 2 atom stereocenters. The zero-order valence-electron chi connectivity index (χ0n) is 12.1. The first-order valence-corrected chi connectivity index (χ1v) is 8.33. The highest BCUT2D eigenvalue weighted by molar-refractivity contribution is 7.87. The summed E-state index contributed by atoms with van der Waals surface area (Å²) in [5.74, 6) is -1.77. The molecule has 21 heavy (non-hydrogen) atoms. The van der Waals surface area contributed by atoms with Gasteiger partial charge in [-0.25, -0.2) is 0 Å².